The number of aromatic nitrogens is 1. The lowest BCUT2D eigenvalue weighted by Gasteiger charge is -2.06. The average Bonchev–Trinajstić information content (AvgIpc) is 2.80. The molecule has 0 spiro atoms. The number of anilines is 1. The van der Waals surface area contributed by atoms with Crippen molar-refractivity contribution >= 4 is 15.8 Å². The summed E-state index contributed by atoms with van der Waals surface area (Å²) in [5.74, 6) is 0.578. The van der Waals surface area contributed by atoms with Crippen LogP contribution in [-0.2, 0) is 16.4 Å². The zero-order valence-electron chi connectivity index (χ0n) is 9.26. The molecule has 0 aliphatic heterocycles. The fraction of sp³-hybridized carbons (Fsp3) is 0.167. The Morgan fingerprint density at radius 3 is 2.47 bits per heavy atom. The third-order valence-electron chi connectivity index (χ3n) is 2.37. The van der Waals surface area contributed by atoms with Crippen LogP contribution in [0.15, 0.2) is 48.7 Å². The van der Waals surface area contributed by atoms with Gasteiger partial charge in [0, 0.05) is 6.20 Å². The highest BCUT2D eigenvalue weighted by atomic mass is 32.2. The normalized spacial score (nSPS) is 11.3. The minimum absolute atomic E-state index is 0.0794. The lowest BCUT2D eigenvalue weighted by molar-refractivity contribution is 0.600. The number of nitrogens with one attached hydrogen (secondary N) is 2. The quantitative estimate of drug-likeness (QED) is 0.852. The molecule has 0 unspecified atom stereocenters. The lowest BCUT2D eigenvalue weighted by atomic mass is 10.2. The van der Waals surface area contributed by atoms with Crippen molar-refractivity contribution in [3.8, 4) is 0 Å². The summed E-state index contributed by atoms with van der Waals surface area (Å²) in [5.41, 5.74) is 1.02. The number of aryl methyl sites for hydroxylation is 1. The Morgan fingerprint density at radius 2 is 1.82 bits per heavy atom. The fourth-order valence-corrected chi connectivity index (χ4v) is 2.58. The van der Waals surface area contributed by atoms with Gasteiger partial charge in [-0.25, -0.2) is 8.42 Å². The number of rotatable bonds is 5. The van der Waals surface area contributed by atoms with Crippen LogP contribution >= 0.6 is 0 Å². The first-order chi connectivity index (χ1) is 8.16. The van der Waals surface area contributed by atoms with Crippen molar-refractivity contribution in [2.75, 3.05) is 10.5 Å². The summed E-state index contributed by atoms with van der Waals surface area (Å²) in [6.07, 6.45) is 2.19. The highest BCUT2D eigenvalue weighted by molar-refractivity contribution is 7.92. The number of aromatic amines is 1. The number of hydrogen-bond donors (Lipinski definition) is 2. The Bertz CT molecular complexity index is 547. The molecule has 0 aliphatic rings. The van der Waals surface area contributed by atoms with E-state index >= 15 is 0 Å². The van der Waals surface area contributed by atoms with Crippen LogP contribution in [0.5, 0.6) is 0 Å². The summed E-state index contributed by atoms with van der Waals surface area (Å²) in [7, 11) is -3.28. The fourth-order valence-electron chi connectivity index (χ4n) is 1.51. The van der Waals surface area contributed by atoms with E-state index < -0.39 is 10.0 Å². The van der Waals surface area contributed by atoms with Crippen molar-refractivity contribution in [2.24, 2.45) is 0 Å². The van der Waals surface area contributed by atoms with Gasteiger partial charge < -0.3 is 4.98 Å². The minimum atomic E-state index is -3.28. The van der Waals surface area contributed by atoms with E-state index in [0.717, 1.165) is 5.56 Å². The topological polar surface area (TPSA) is 62.0 Å². The Balaban J connectivity index is 1.94. The van der Waals surface area contributed by atoms with Crippen molar-refractivity contribution in [1.29, 1.82) is 0 Å². The van der Waals surface area contributed by atoms with Crippen LogP contribution in [0.4, 0.5) is 5.82 Å². The Kier molecular flexibility index (Phi) is 3.49. The summed E-state index contributed by atoms with van der Waals surface area (Å²) in [6, 6.07) is 13.0. The molecule has 90 valence electrons. The molecule has 0 amide bonds. The van der Waals surface area contributed by atoms with Gasteiger partial charge in [0.25, 0.3) is 0 Å². The zero-order chi connectivity index (χ0) is 12.1. The van der Waals surface area contributed by atoms with E-state index in [2.05, 4.69) is 9.71 Å². The largest absolute Gasteiger partial charge is 0.348 e. The van der Waals surface area contributed by atoms with Crippen molar-refractivity contribution in [3.05, 3.63) is 54.2 Å². The summed E-state index contributed by atoms with van der Waals surface area (Å²) in [4.78, 5) is 2.80. The summed E-state index contributed by atoms with van der Waals surface area (Å²) < 4.78 is 26.0. The van der Waals surface area contributed by atoms with Crippen LogP contribution in [0.2, 0.25) is 0 Å². The van der Waals surface area contributed by atoms with Gasteiger partial charge in [-0.1, -0.05) is 30.3 Å². The van der Waals surface area contributed by atoms with Crippen molar-refractivity contribution in [2.45, 2.75) is 6.42 Å². The smallest absolute Gasteiger partial charge is 0.234 e. The molecule has 2 N–H and O–H groups in total. The van der Waals surface area contributed by atoms with Gasteiger partial charge in [-0.05, 0) is 24.1 Å². The molecule has 2 aromatic rings. The van der Waals surface area contributed by atoms with Gasteiger partial charge in [-0.15, -0.1) is 0 Å². The molecule has 2 rings (SSSR count). The van der Waals surface area contributed by atoms with Gasteiger partial charge in [0.1, 0.15) is 5.82 Å². The summed E-state index contributed by atoms with van der Waals surface area (Å²) >= 11 is 0. The standard InChI is InChI=1S/C12H14N2O2S/c15-17(16,14-12-7-4-9-13-12)10-8-11-5-2-1-3-6-11/h1-7,9,13-14H,8,10H2. The molecule has 5 heteroatoms. The van der Waals surface area contributed by atoms with E-state index in [9.17, 15) is 8.42 Å². The van der Waals surface area contributed by atoms with E-state index in [-0.39, 0.29) is 5.75 Å². The maximum Gasteiger partial charge on any atom is 0.234 e. The molecule has 0 fully saturated rings. The second-order valence-corrected chi connectivity index (χ2v) is 5.58. The molecular weight excluding hydrogens is 236 g/mol. The monoisotopic (exact) mass is 250 g/mol. The molecular formula is C12H14N2O2S. The van der Waals surface area contributed by atoms with Crippen LogP contribution in [0, 0.1) is 0 Å². The molecule has 0 saturated carbocycles. The van der Waals surface area contributed by atoms with Crippen molar-refractivity contribution < 1.29 is 8.42 Å². The van der Waals surface area contributed by atoms with Gasteiger partial charge in [-0.2, -0.15) is 0 Å². The summed E-state index contributed by atoms with van der Waals surface area (Å²) in [6.45, 7) is 0. The van der Waals surface area contributed by atoms with E-state index in [4.69, 9.17) is 0 Å². The molecule has 0 radical (unpaired) electrons. The van der Waals surface area contributed by atoms with Gasteiger partial charge in [0.15, 0.2) is 0 Å². The molecule has 1 aromatic carbocycles. The second-order valence-electron chi connectivity index (χ2n) is 3.74. The lowest BCUT2D eigenvalue weighted by Crippen LogP contribution is -2.18. The third-order valence-corrected chi connectivity index (χ3v) is 3.64. The SMILES string of the molecule is O=S(=O)(CCc1ccccc1)Nc1ccc[nH]1. The van der Waals surface area contributed by atoms with Gasteiger partial charge in [-0.3, -0.25) is 4.72 Å². The number of benzene rings is 1. The first-order valence-electron chi connectivity index (χ1n) is 5.33. The predicted octanol–water partition coefficient (Wildman–Crippen LogP) is 2.00. The van der Waals surface area contributed by atoms with Crippen LogP contribution in [0.25, 0.3) is 0 Å². The van der Waals surface area contributed by atoms with Crippen LogP contribution in [-0.4, -0.2) is 19.2 Å². The maximum absolute atomic E-state index is 11.7. The number of H-pyrrole nitrogens is 1. The Hall–Kier alpha value is -1.75. The minimum Gasteiger partial charge on any atom is -0.348 e. The molecule has 0 saturated heterocycles. The van der Waals surface area contributed by atoms with E-state index in [1.165, 1.54) is 0 Å². The molecule has 1 heterocycles. The first kappa shape index (κ1) is 11.7. The Labute approximate surface area is 101 Å². The maximum atomic E-state index is 11.7. The van der Waals surface area contributed by atoms with E-state index in [1.807, 2.05) is 30.3 Å². The second kappa shape index (κ2) is 5.05. The number of hydrogen-bond acceptors (Lipinski definition) is 2. The molecule has 0 aliphatic carbocycles. The molecule has 17 heavy (non-hydrogen) atoms. The van der Waals surface area contributed by atoms with Crippen LogP contribution in [0.1, 0.15) is 5.56 Å². The number of sulfonamides is 1. The average molecular weight is 250 g/mol. The molecule has 1 aromatic heterocycles. The molecule has 0 bridgehead atoms. The van der Waals surface area contributed by atoms with E-state index in [0.29, 0.717) is 12.2 Å². The van der Waals surface area contributed by atoms with Gasteiger partial charge >= 0.3 is 0 Å². The Morgan fingerprint density at radius 1 is 1.06 bits per heavy atom. The third kappa shape index (κ3) is 3.64. The first-order valence-corrected chi connectivity index (χ1v) is 6.99. The van der Waals surface area contributed by atoms with Crippen molar-refractivity contribution in [1.82, 2.24) is 4.98 Å². The molecule has 4 nitrogen and oxygen atoms in total. The predicted molar refractivity (Wildman–Crippen MR) is 68.3 cm³/mol. The zero-order valence-corrected chi connectivity index (χ0v) is 10.1. The van der Waals surface area contributed by atoms with E-state index in [1.54, 1.807) is 18.3 Å². The van der Waals surface area contributed by atoms with Gasteiger partial charge in [0.2, 0.25) is 10.0 Å². The molecule has 0 atom stereocenters. The highest BCUT2D eigenvalue weighted by Gasteiger charge is 2.10. The highest BCUT2D eigenvalue weighted by Crippen LogP contribution is 2.07. The summed E-state index contributed by atoms with van der Waals surface area (Å²) in [5, 5.41) is 0. The van der Waals surface area contributed by atoms with Crippen molar-refractivity contribution in [3.63, 3.8) is 0 Å². The van der Waals surface area contributed by atoms with Crippen LogP contribution in [0.3, 0.4) is 0 Å². The van der Waals surface area contributed by atoms with Crippen LogP contribution < -0.4 is 4.72 Å². The van der Waals surface area contributed by atoms with Gasteiger partial charge in [0.05, 0.1) is 5.75 Å².